The van der Waals surface area contributed by atoms with E-state index in [4.69, 9.17) is 0 Å². The van der Waals surface area contributed by atoms with Crippen LogP contribution in [0.4, 0.5) is 5.69 Å². The quantitative estimate of drug-likeness (QED) is 0.640. The predicted octanol–water partition coefficient (Wildman–Crippen LogP) is 4.24. The van der Waals surface area contributed by atoms with Crippen LogP contribution in [-0.4, -0.2) is 12.1 Å². The van der Waals surface area contributed by atoms with Gasteiger partial charge in [0.1, 0.15) is 0 Å². The Morgan fingerprint density at radius 3 is 2.71 bits per heavy atom. The summed E-state index contributed by atoms with van der Waals surface area (Å²) in [7, 11) is 0. The molecule has 0 amide bonds. The Morgan fingerprint density at radius 2 is 1.88 bits per heavy atom. The molecule has 1 aromatic carbocycles. The van der Waals surface area contributed by atoms with Crippen molar-refractivity contribution in [1.29, 1.82) is 0 Å². The van der Waals surface area contributed by atoms with E-state index >= 15 is 0 Å². The number of allylic oxidation sites excluding steroid dienone is 1. The SMILES string of the molecule is C/C1=C2\c3ccccc3N(CCCC1)C2(C)C. The van der Waals surface area contributed by atoms with E-state index in [-0.39, 0.29) is 5.54 Å². The first kappa shape index (κ1) is 10.9. The van der Waals surface area contributed by atoms with Gasteiger partial charge in [0, 0.05) is 17.8 Å². The van der Waals surface area contributed by atoms with Crippen LogP contribution < -0.4 is 4.90 Å². The predicted molar refractivity (Wildman–Crippen MR) is 74.3 cm³/mol. The third kappa shape index (κ3) is 1.45. The minimum Gasteiger partial charge on any atom is -0.362 e. The molecular weight excluding hydrogens is 206 g/mol. The zero-order chi connectivity index (χ0) is 12.0. The second-order valence-corrected chi connectivity index (χ2v) is 5.84. The summed E-state index contributed by atoms with van der Waals surface area (Å²) in [6, 6.07) is 8.91. The molecule has 0 radical (unpaired) electrons. The molecule has 1 nitrogen and oxygen atoms in total. The molecule has 2 heterocycles. The topological polar surface area (TPSA) is 3.24 Å². The number of rotatable bonds is 0. The zero-order valence-electron chi connectivity index (χ0n) is 11.1. The fourth-order valence-corrected chi connectivity index (χ4v) is 3.62. The van der Waals surface area contributed by atoms with Crippen molar-refractivity contribution in [3.05, 3.63) is 35.4 Å². The molecule has 2 aliphatic rings. The summed E-state index contributed by atoms with van der Waals surface area (Å²) < 4.78 is 0. The standard InChI is InChI=1S/C16H21N/c1-12-8-6-7-11-17-14-10-5-4-9-13(14)15(12)16(17,2)3/h4-5,9-10H,6-8,11H2,1-3H3/b15-12-. The molecular formula is C16H21N. The molecule has 0 N–H and O–H groups in total. The molecule has 0 aliphatic carbocycles. The average Bonchev–Trinajstić information content (AvgIpc) is 2.54. The van der Waals surface area contributed by atoms with Gasteiger partial charge in [0.25, 0.3) is 0 Å². The lowest BCUT2D eigenvalue weighted by Crippen LogP contribution is -2.42. The highest BCUT2D eigenvalue weighted by Crippen LogP contribution is 2.49. The van der Waals surface area contributed by atoms with Gasteiger partial charge in [-0.15, -0.1) is 0 Å². The third-order valence-corrected chi connectivity index (χ3v) is 4.36. The molecule has 1 aromatic rings. The molecule has 0 unspecified atom stereocenters. The Bertz CT molecular complexity index is 482. The summed E-state index contributed by atoms with van der Waals surface area (Å²) in [5, 5.41) is 0. The summed E-state index contributed by atoms with van der Waals surface area (Å²) >= 11 is 0. The van der Waals surface area contributed by atoms with Crippen LogP contribution in [0.1, 0.15) is 45.6 Å². The van der Waals surface area contributed by atoms with Crippen LogP contribution in [0.5, 0.6) is 0 Å². The minimum absolute atomic E-state index is 0.175. The van der Waals surface area contributed by atoms with Crippen molar-refractivity contribution in [3.63, 3.8) is 0 Å². The molecule has 1 heteroatoms. The number of benzene rings is 1. The smallest absolute Gasteiger partial charge is 0.0603 e. The maximum atomic E-state index is 2.60. The van der Waals surface area contributed by atoms with Crippen molar-refractivity contribution < 1.29 is 0 Å². The van der Waals surface area contributed by atoms with Crippen LogP contribution in [0.2, 0.25) is 0 Å². The van der Waals surface area contributed by atoms with Gasteiger partial charge in [-0.3, -0.25) is 0 Å². The van der Waals surface area contributed by atoms with Crippen LogP contribution in [-0.2, 0) is 0 Å². The lowest BCUT2D eigenvalue weighted by atomic mass is 9.85. The molecule has 0 spiro atoms. The molecule has 0 saturated carbocycles. The van der Waals surface area contributed by atoms with Gasteiger partial charge in [-0.05, 0) is 51.7 Å². The van der Waals surface area contributed by atoms with Crippen LogP contribution in [0.25, 0.3) is 5.57 Å². The van der Waals surface area contributed by atoms with Gasteiger partial charge in [0.2, 0.25) is 0 Å². The van der Waals surface area contributed by atoms with E-state index < -0.39 is 0 Å². The molecule has 0 aromatic heterocycles. The van der Waals surface area contributed by atoms with Gasteiger partial charge in [-0.25, -0.2) is 0 Å². The molecule has 2 bridgehead atoms. The fourth-order valence-electron chi connectivity index (χ4n) is 3.62. The summed E-state index contributed by atoms with van der Waals surface area (Å²) in [4.78, 5) is 2.60. The van der Waals surface area contributed by atoms with E-state index in [9.17, 15) is 0 Å². The molecule has 2 aliphatic heterocycles. The summed E-state index contributed by atoms with van der Waals surface area (Å²) in [6.45, 7) is 8.26. The normalized spacial score (nSPS) is 26.4. The molecule has 17 heavy (non-hydrogen) atoms. The summed E-state index contributed by atoms with van der Waals surface area (Å²) in [5.41, 5.74) is 6.25. The number of nitrogens with zero attached hydrogens (tertiary/aromatic N) is 1. The lowest BCUT2D eigenvalue weighted by Gasteiger charge is -2.37. The van der Waals surface area contributed by atoms with E-state index in [1.165, 1.54) is 37.1 Å². The van der Waals surface area contributed by atoms with E-state index in [0.29, 0.717) is 0 Å². The fraction of sp³-hybridized carbons (Fsp3) is 0.500. The number of hydrogen-bond donors (Lipinski definition) is 0. The van der Waals surface area contributed by atoms with Crippen molar-refractivity contribution >= 4 is 11.3 Å². The van der Waals surface area contributed by atoms with Crippen molar-refractivity contribution in [2.24, 2.45) is 0 Å². The van der Waals surface area contributed by atoms with E-state index in [1.807, 2.05) is 0 Å². The average molecular weight is 227 g/mol. The van der Waals surface area contributed by atoms with Crippen molar-refractivity contribution in [2.75, 3.05) is 11.4 Å². The van der Waals surface area contributed by atoms with Crippen LogP contribution in [0.15, 0.2) is 29.8 Å². The zero-order valence-corrected chi connectivity index (χ0v) is 11.1. The molecule has 0 saturated heterocycles. The Morgan fingerprint density at radius 1 is 1.12 bits per heavy atom. The van der Waals surface area contributed by atoms with Gasteiger partial charge < -0.3 is 4.90 Å². The van der Waals surface area contributed by atoms with Gasteiger partial charge in [0.15, 0.2) is 0 Å². The molecule has 90 valence electrons. The van der Waals surface area contributed by atoms with Crippen LogP contribution >= 0.6 is 0 Å². The van der Waals surface area contributed by atoms with Gasteiger partial charge in [0.05, 0.1) is 5.54 Å². The Kier molecular flexibility index (Phi) is 2.32. The van der Waals surface area contributed by atoms with Crippen molar-refractivity contribution in [3.8, 4) is 0 Å². The highest BCUT2D eigenvalue weighted by Gasteiger charge is 2.41. The van der Waals surface area contributed by atoms with E-state index in [1.54, 1.807) is 11.1 Å². The second-order valence-electron chi connectivity index (χ2n) is 5.84. The Labute approximate surface area is 104 Å². The summed E-state index contributed by atoms with van der Waals surface area (Å²) in [5.74, 6) is 0. The lowest BCUT2D eigenvalue weighted by molar-refractivity contribution is 0.552. The van der Waals surface area contributed by atoms with Crippen LogP contribution in [0, 0.1) is 0 Å². The van der Waals surface area contributed by atoms with E-state index in [0.717, 1.165) is 0 Å². The van der Waals surface area contributed by atoms with Gasteiger partial charge in [-0.2, -0.15) is 0 Å². The highest BCUT2D eigenvalue weighted by molar-refractivity contribution is 5.91. The minimum atomic E-state index is 0.175. The van der Waals surface area contributed by atoms with Crippen molar-refractivity contribution in [2.45, 2.75) is 45.6 Å². The van der Waals surface area contributed by atoms with E-state index in [2.05, 4.69) is 49.9 Å². The second kappa shape index (κ2) is 3.63. The molecule has 0 atom stereocenters. The Balaban J connectivity index is 2.29. The largest absolute Gasteiger partial charge is 0.362 e. The summed E-state index contributed by atoms with van der Waals surface area (Å²) in [6.07, 6.45) is 3.90. The highest BCUT2D eigenvalue weighted by atomic mass is 15.2. The van der Waals surface area contributed by atoms with Gasteiger partial charge >= 0.3 is 0 Å². The van der Waals surface area contributed by atoms with Crippen LogP contribution in [0.3, 0.4) is 0 Å². The Hall–Kier alpha value is -1.24. The maximum Gasteiger partial charge on any atom is 0.0603 e. The third-order valence-electron chi connectivity index (χ3n) is 4.36. The number of hydrogen-bond acceptors (Lipinski definition) is 1. The number of para-hydroxylation sites is 1. The monoisotopic (exact) mass is 227 g/mol. The molecule has 0 fully saturated rings. The first-order valence-electron chi connectivity index (χ1n) is 6.69. The van der Waals surface area contributed by atoms with Crippen molar-refractivity contribution in [1.82, 2.24) is 0 Å². The number of fused-ring (bicyclic) bond motifs is 5. The maximum absolute atomic E-state index is 2.60. The van der Waals surface area contributed by atoms with Gasteiger partial charge in [-0.1, -0.05) is 23.8 Å². The first-order chi connectivity index (χ1) is 8.12. The number of anilines is 1. The first-order valence-corrected chi connectivity index (χ1v) is 6.69. The molecule has 3 rings (SSSR count).